The van der Waals surface area contributed by atoms with Crippen LogP contribution in [0.4, 0.5) is 0 Å². The molecule has 162 valence electrons. The Morgan fingerprint density at radius 1 is 1.00 bits per heavy atom. The number of aryl methyl sites for hydroxylation is 2. The van der Waals surface area contributed by atoms with Crippen molar-refractivity contribution >= 4 is 32.2 Å². The zero-order valence-electron chi connectivity index (χ0n) is 17.4. The number of hydrazone groups is 1. The van der Waals surface area contributed by atoms with Gasteiger partial charge in [0.2, 0.25) is 0 Å². The number of ether oxygens (including phenoxy) is 2. The Morgan fingerprint density at radius 2 is 1.61 bits per heavy atom. The van der Waals surface area contributed by atoms with Crippen molar-refractivity contribution in [3.8, 4) is 11.5 Å². The monoisotopic (exact) mass is 502 g/mol. The second kappa shape index (κ2) is 9.98. The number of sulfonamides is 1. The van der Waals surface area contributed by atoms with E-state index < -0.39 is 10.0 Å². The molecule has 0 aliphatic heterocycles. The predicted octanol–water partition coefficient (Wildman–Crippen LogP) is 4.97. The van der Waals surface area contributed by atoms with Crippen molar-refractivity contribution in [2.45, 2.75) is 25.3 Å². The average Bonchev–Trinajstić information content (AvgIpc) is 2.74. The molecule has 0 unspecified atom stereocenters. The average molecular weight is 503 g/mol. The van der Waals surface area contributed by atoms with Gasteiger partial charge in [-0.2, -0.15) is 13.5 Å². The molecule has 8 heteroatoms. The molecule has 31 heavy (non-hydrogen) atoms. The second-order valence-electron chi connectivity index (χ2n) is 6.97. The van der Waals surface area contributed by atoms with Crippen molar-refractivity contribution in [1.82, 2.24) is 4.83 Å². The summed E-state index contributed by atoms with van der Waals surface area (Å²) in [6, 6.07) is 18.1. The Morgan fingerprint density at radius 3 is 2.23 bits per heavy atom. The Labute approximate surface area is 191 Å². The Balaban J connectivity index is 1.72. The number of methoxy groups -OCH3 is 1. The lowest BCUT2D eigenvalue weighted by atomic mass is 10.2. The minimum atomic E-state index is -3.74. The van der Waals surface area contributed by atoms with Gasteiger partial charge in [0.1, 0.15) is 6.61 Å². The number of nitrogens with zero attached hydrogens (tertiary/aromatic N) is 1. The molecule has 0 aromatic heterocycles. The van der Waals surface area contributed by atoms with Gasteiger partial charge in [0.15, 0.2) is 11.5 Å². The van der Waals surface area contributed by atoms with Crippen molar-refractivity contribution in [2.75, 3.05) is 7.11 Å². The third-order valence-corrected chi connectivity index (χ3v) is 6.30. The van der Waals surface area contributed by atoms with Crippen LogP contribution in [0.1, 0.15) is 22.3 Å². The van der Waals surface area contributed by atoms with Crippen LogP contribution in [0.5, 0.6) is 11.5 Å². The fourth-order valence-corrected chi connectivity index (χ4v) is 4.10. The van der Waals surface area contributed by atoms with Crippen LogP contribution in [0.25, 0.3) is 0 Å². The zero-order valence-corrected chi connectivity index (χ0v) is 19.8. The fourth-order valence-electron chi connectivity index (χ4n) is 2.73. The zero-order chi connectivity index (χ0) is 22.4. The van der Waals surface area contributed by atoms with Gasteiger partial charge in [-0.1, -0.05) is 47.5 Å². The van der Waals surface area contributed by atoms with Crippen molar-refractivity contribution in [2.24, 2.45) is 5.10 Å². The molecule has 0 fully saturated rings. The number of rotatable bonds is 8. The standard InChI is InChI=1S/C23H23BrN2O4S/c1-16-4-8-18(9-5-16)15-30-23-21(24)12-19(13-22(23)29-3)14-25-26-31(27,28)20-10-6-17(2)7-11-20/h4-14,26H,15H2,1-3H3/b25-14-. The first-order valence-corrected chi connectivity index (χ1v) is 11.7. The summed E-state index contributed by atoms with van der Waals surface area (Å²) in [5.74, 6) is 1.06. The molecule has 3 aromatic carbocycles. The summed E-state index contributed by atoms with van der Waals surface area (Å²) in [4.78, 5) is 2.37. The highest BCUT2D eigenvalue weighted by Gasteiger charge is 2.13. The van der Waals surface area contributed by atoms with Gasteiger partial charge in [0.25, 0.3) is 10.0 Å². The molecule has 0 radical (unpaired) electrons. The summed E-state index contributed by atoms with van der Waals surface area (Å²) in [6.07, 6.45) is 1.41. The van der Waals surface area contributed by atoms with Gasteiger partial charge in [-0.3, -0.25) is 0 Å². The molecule has 0 spiro atoms. The first-order chi connectivity index (χ1) is 14.8. The SMILES string of the molecule is COc1cc(/C=N\NS(=O)(=O)c2ccc(C)cc2)cc(Br)c1OCc1ccc(C)cc1. The van der Waals surface area contributed by atoms with Gasteiger partial charge >= 0.3 is 0 Å². The third kappa shape index (κ3) is 6.08. The van der Waals surface area contributed by atoms with E-state index in [1.807, 2.05) is 38.1 Å². The quantitative estimate of drug-likeness (QED) is 0.348. The van der Waals surface area contributed by atoms with Crippen molar-refractivity contribution in [1.29, 1.82) is 0 Å². The molecule has 0 saturated carbocycles. The second-order valence-corrected chi connectivity index (χ2v) is 9.49. The normalized spacial score (nSPS) is 11.5. The lowest BCUT2D eigenvalue weighted by molar-refractivity contribution is 0.282. The molecule has 0 bridgehead atoms. The van der Waals surface area contributed by atoms with Crippen LogP contribution in [0.3, 0.4) is 0 Å². The van der Waals surface area contributed by atoms with Crippen LogP contribution >= 0.6 is 15.9 Å². The van der Waals surface area contributed by atoms with Crippen LogP contribution in [0.15, 0.2) is 75.1 Å². The Hall–Kier alpha value is -2.84. The molecule has 0 amide bonds. The largest absolute Gasteiger partial charge is 0.493 e. The van der Waals surface area contributed by atoms with E-state index in [0.717, 1.165) is 11.1 Å². The van der Waals surface area contributed by atoms with Gasteiger partial charge in [0, 0.05) is 0 Å². The third-order valence-electron chi connectivity index (χ3n) is 4.47. The first-order valence-electron chi connectivity index (χ1n) is 9.46. The maximum absolute atomic E-state index is 12.3. The van der Waals surface area contributed by atoms with E-state index in [1.165, 1.54) is 23.9 Å². The minimum absolute atomic E-state index is 0.147. The van der Waals surface area contributed by atoms with E-state index in [9.17, 15) is 8.42 Å². The van der Waals surface area contributed by atoms with Crippen LogP contribution in [0, 0.1) is 13.8 Å². The predicted molar refractivity (Wildman–Crippen MR) is 125 cm³/mol. The maximum Gasteiger partial charge on any atom is 0.276 e. The highest BCUT2D eigenvalue weighted by atomic mass is 79.9. The van der Waals surface area contributed by atoms with Crippen LogP contribution in [-0.2, 0) is 16.6 Å². The molecular formula is C23H23BrN2O4S. The summed E-state index contributed by atoms with van der Waals surface area (Å²) in [7, 11) is -2.20. The number of nitrogens with one attached hydrogen (secondary N) is 1. The Bertz CT molecular complexity index is 1180. The molecule has 0 heterocycles. The van der Waals surface area contributed by atoms with E-state index in [4.69, 9.17) is 9.47 Å². The van der Waals surface area contributed by atoms with Crippen LogP contribution < -0.4 is 14.3 Å². The molecule has 0 atom stereocenters. The smallest absolute Gasteiger partial charge is 0.276 e. The molecule has 6 nitrogen and oxygen atoms in total. The summed E-state index contributed by atoms with van der Waals surface area (Å²) in [6.45, 7) is 4.31. The molecular weight excluding hydrogens is 480 g/mol. The Kier molecular flexibility index (Phi) is 7.35. The summed E-state index contributed by atoms with van der Waals surface area (Å²) < 4.78 is 36.7. The molecule has 1 N–H and O–H groups in total. The van der Waals surface area contributed by atoms with E-state index >= 15 is 0 Å². The van der Waals surface area contributed by atoms with Gasteiger partial charge in [0.05, 0.1) is 22.7 Å². The lowest BCUT2D eigenvalue weighted by Crippen LogP contribution is -2.18. The van der Waals surface area contributed by atoms with E-state index in [2.05, 4.69) is 25.9 Å². The van der Waals surface area contributed by atoms with Crippen molar-refractivity contribution in [3.05, 3.63) is 87.4 Å². The maximum atomic E-state index is 12.3. The summed E-state index contributed by atoms with van der Waals surface area (Å²) in [5.41, 5.74) is 3.84. The summed E-state index contributed by atoms with van der Waals surface area (Å²) >= 11 is 3.49. The summed E-state index contributed by atoms with van der Waals surface area (Å²) in [5, 5.41) is 3.88. The molecule has 0 aliphatic carbocycles. The van der Waals surface area contributed by atoms with Gasteiger partial charge in [-0.15, -0.1) is 0 Å². The molecule has 3 aromatic rings. The van der Waals surface area contributed by atoms with Crippen molar-refractivity contribution < 1.29 is 17.9 Å². The van der Waals surface area contributed by atoms with E-state index in [-0.39, 0.29) is 4.90 Å². The molecule has 0 saturated heterocycles. The topological polar surface area (TPSA) is 77.0 Å². The fraction of sp³-hybridized carbons (Fsp3) is 0.174. The van der Waals surface area contributed by atoms with E-state index in [1.54, 1.807) is 31.4 Å². The highest BCUT2D eigenvalue weighted by Crippen LogP contribution is 2.36. The molecule has 0 aliphatic rings. The molecule has 3 rings (SSSR count). The van der Waals surface area contributed by atoms with Crippen LogP contribution in [-0.4, -0.2) is 21.7 Å². The lowest BCUT2D eigenvalue weighted by Gasteiger charge is -2.13. The van der Waals surface area contributed by atoms with Gasteiger partial charge < -0.3 is 9.47 Å². The minimum Gasteiger partial charge on any atom is -0.493 e. The number of hydrogen-bond acceptors (Lipinski definition) is 5. The van der Waals surface area contributed by atoms with E-state index in [0.29, 0.717) is 28.1 Å². The van der Waals surface area contributed by atoms with Gasteiger partial charge in [-0.05, 0) is 65.2 Å². The number of benzene rings is 3. The first kappa shape index (κ1) is 22.8. The number of halogens is 1. The highest BCUT2D eigenvalue weighted by molar-refractivity contribution is 9.10. The number of hydrogen-bond donors (Lipinski definition) is 1. The van der Waals surface area contributed by atoms with Gasteiger partial charge in [-0.25, -0.2) is 4.83 Å². The van der Waals surface area contributed by atoms with Crippen LogP contribution in [0.2, 0.25) is 0 Å². The van der Waals surface area contributed by atoms with Crippen molar-refractivity contribution in [3.63, 3.8) is 0 Å².